The molecular weight excluding hydrogens is 310 g/mol. The van der Waals surface area contributed by atoms with Crippen LogP contribution < -0.4 is 15.8 Å². The molecule has 2 aromatic rings. The first-order chi connectivity index (χ1) is 10.6. The molecule has 7 heteroatoms. The molecule has 0 atom stereocenters. The van der Waals surface area contributed by atoms with Crippen molar-refractivity contribution in [2.75, 3.05) is 16.8 Å². The molecule has 0 aliphatic heterocycles. The maximum absolute atomic E-state index is 12.3. The minimum atomic E-state index is -2.95. The van der Waals surface area contributed by atoms with Gasteiger partial charge in [-0.25, -0.2) is 0 Å². The van der Waals surface area contributed by atoms with E-state index < -0.39 is 6.61 Å². The van der Waals surface area contributed by atoms with Crippen LogP contribution in [0.3, 0.4) is 0 Å². The van der Waals surface area contributed by atoms with Crippen molar-refractivity contribution >= 4 is 29.0 Å². The number of hydrogen-bond donors (Lipinski definition) is 2. The first-order valence-corrected chi connectivity index (χ1v) is 7.36. The van der Waals surface area contributed by atoms with Crippen LogP contribution in [0.25, 0.3) is 0 Å². The Kier molecular flexibility index (Phi) is 5.60. The van der Waals surface area contributed by atoms with E-state index in [9.17, 15) is 13.6 Å². The zero-order chi connectivity index (χ0) is 15.9. The fraction of sp³-hybridized carbons (Fsp3) is 0.133. The van der Waals surface area contributed by atoms with Crippen molar-refractivity contribution < 1.29 is 18.3 Å². The van der Waals surface area contributed by atoms with Crippen LogP contribution in [0.15, 0.2) is 53.4 Å². The Bertz CT molecular complexity index is 653. The van der Waals surface area contributed by atoms with Gasteiger partial charge in [0.1, 0.15) is 5.75 Å². The van der Waals surface area contributed by atoms with Gasteiger partial charge in [-0.3, -0.25) is 4.79 Å². The van der Waals surface area contributed by atoms with Gasteiger partial charge in [0.05, 0.1) is 11.4 Å². The predicted molar refractivity (Wildman–Crippen MR) is 83.3 cm³/mol. The maximum Gasteiger partial charge on any atom is 0.387 e. The fourth-order valence-electron chi connectivity index (χ4n) is 1.71. The number of anilines is 2. The van der Waals surface area contributed by atoms with Crippen LogP contribution in [0.2, 0.25) is 0 Å². The lowest BCUT2D eigenvalue weighted by Gasteiger charge is -2.11. The van der Waals surface area contributed by atoms with Gasteiger partial charge in [-0.15, -0.1) is 11.8 Å². The number of hydrogen-bond acceptors (Lipinski definition) is 4. The average Bonchev–Trinajstić information content (AvgIpc) is 2.48. The van der Waals surface area contributed by atoms with E-state index in [2.05, 4.69) is 10.1 Å². The quantitative estimate of drug-likeness (QED) is 0.629. The van der Waals surface area contributed by atoms with E-state index in [1.165, 1.54) is 23.9 Å². The van der Waals surface area contributed by atoms with Gasteiger partial charge >= 0.3 is 6.61 Å². The molecule has 0 bridgehead atoms. The topological polar surface area (TPSA) is 64.4 Å². The van der Waals surface area contributed by atoms with Crippen molar-refractivity contribution in [2.45, 2.75) is 11.5 Å². The SMILES string of the molecule is Nc1ccccc1SCC(=O)Nc1ccccc1OC(F)F. The molecule has 0 fully saturated rings. The lowest BCUT2D eigenvalue weighted by Crippen LogP contribution is -2.15. The van der Waals surface area contributed by atoms with Crippen LogP contribution in [0.1, 0.15) is 0 Å². The summed E-state index contributed by atoms with van der Waals surface area (Å²) in [5, 5.41) is 2.55. The van der Waals surface area contributed by atoms with E-state index >= 15 is 0 Å². The number of halogens is 2. The highest BCUT2D eigenvalue weighted by atomic mass is 32.2. The van der Waals surface area contributed by atoms with Gasteiger partial charge in [0, 0.05) is 10.6 Å². The van der Waals surface area contributed by atoms with Crippen LogP contribution >= 0.6 is 11.8 Å². The van der Waals surface area contributed by atoms with E-state index in [1.807, 2.05) is 6.07 Å². The highest BCUT2D eigenvalue weighted by Crippen LogP contribution is 2.27. The molecule has 2 aromatic carbocycles. The molecule has 3 N–H and O–H groups in total. The number of ether oxygens (including phenoxy) is 1. The second-order valence-corrected chi connectivity index (χ2v) is 5.27. The normalized spacial score (nSPS) is 10.5. The first-order valence-electron chi connectivity index (χ1n) is 6.37. The number of carbonyl (C=O) groups excluding carboxylic acids is 1. The Hall–Kier alpha value is -2.28. The third-order valence-electron chi connectivity index (χ3n) is 2.65. The predicted octanol–water partition coefficient (Wildman–Crippen LogP) is 3.60. The molecule has 4 nitrogen and oxygen atoms in total. The van der Waals surface area contributed by atoms with Gasteiger partial charge in [0.25, 0.3) is 0 Å². The summed E-state index contributed by atoms with van der Waals surface area (Å²) in [6.07, 6.45) is 0. The summed E-state index contributed by atoms with van der Waals surface area (Å²) in [5.74, 6) is -0.300. The van der Waals surface area contributed by atoms with Crippen LogP contribution in [0.4, 0.5) is 20.2 Å². The summed E-state index contributed by atoms with van der Waals surface area (Å²) in [6, 6.07) is 13.2. The number of nitrogens with two attached hydrogens (primary N) is 1. The van der Waals surface area contributed by atoms with Crippen LogP contribution in [-0.2, 0) is 4.79 Å². The molecule has 0 saturated heterocycles. The summed E-state index contributed by atoms with van der Waals surface area (Å²) in [5.41, 5.74) is 6.57. The molecule has 0 aromatic heterocycles. The molecule has 0 radical (unpaired) electrons. The molecular formula is C15H14F2N2O2S. The van der Waals surface area contributed by atoms with Crippen molar-refractivity contribution in [3.05, 3.63) is 48.5 Å². The molecule has 116 valence electrons. The van der Waals surface area contributed by atoms with E-state index in [1.54, 1.807) is 30.3 Å². The molecule has 0 unspecified atom stereocenters. The van der Waals surface area contributed by atoms with E-state index in [-0.39, 0.29) is 23.1 Å². The van der Waals surface area contributed by atoms with Gasteiger partial charge in [-0.2, -0.15) is 8.78 Å². The molecule has 1 amide bonds. The van der Waals surface area contributed by atoms with Crippen molar-refractivity contribution in [1.82, 2.24) is 0 Å². The Morgan fingerprint density at radius 2 is 1.86 bits per heavy atom. The smallest absolute Gasteiger partial charge is 0.387 e. The Labute approximate surface area is 130 Å². The summed E-state index contributed by atoms with van der Waals surface area (Å²) in [6.45, 7) is -2.95. The summed E-state index contributed by atoms with van der Waals surface area (Å²) in [7, 11) is 0. The van der Waals surface area contributed by atoms with E-state index in [4.69, 9.17) is 5.73 Å². The van der Waals surface area contributed by atoms with E-state index in [0.29, 0.717) is 5.69 Å². The van der Waals surface area contributed by atoms with Crippen LogP contribution in [0.5, 0.6) is 5.75 Å². The molecule has 0 saturated carbocycles. The molecule has 2 rings (SSSR count). The number of benzene rings is 2. The standard InChI is InChI=1S/C15H14F2N2O2S/c16-15(17)21-12-7-3-2-6-11(12)19-14(20)9-22-13-8-4-1-5-10(13)18/h1-8,15H,9,18H2,(H,19,20). The second kappa shape index (κ2) is 7.65. The van der Waals surface area contributed by atoms with Gasteiger partial charge in [0.2, 0.25) is 5.91 Å². The number of nitrogens with one attached hydrogen (secondary N) is 1. The zero-order valence-corrected chi connectivity index (χ0v) is 12.3. The van der Waals surface area contributed by atoms with Crippen LogP contribution in [0, 0.1) is 0 Å². The van der Waals surface area contributed by atoms with Gasteiger partial charge in [-0.1, -0.05) is 24.3 Å². The number of alkyl halides is 2. The Balaban J connectivity index is 1.96. The lowest BCUT2D eigenvalue weighted by atomic mass is 10.3. The monoisotopic (exact) mass is 324 g/mol. The zero-order valence-electron chi connectivity index (χ0n) is 11.5. The highest BCUT2D eigenvalue weighted by molar-refractivity contribution is 8.00. The number of thioether (sulfide) groups is 1. The van der Waals surface area contributed by atoms with Gasteiger partial charge in [-0.05, 0) is 24.3 Å². The van der Waals surface area contributed by atoms with Crippen molar-refractivity contribution in [3.63, 3.8) is 0 Å². The maximum atomic E-state index is 12.3. The molecule has 0 spiro atoms. The summed E-state index contributed by atoms with van der Waals surface area (Å²) < 4.78 is 29.0. The lowest BCUT2D eigenvalue weighted by molar-refractivity contribution is -0.113. The molecule has 0 aliphatic rings. The number of para-hydroxylation sites is 3. The molecule has 0 aliphatic carbocycles. The Morgan fingerprint density at radius 3 is 2.59 bits per heavy atom. The fourth-order valence-corrected chi connectivity index (χ4v) is 2.48. The average molecular weight is 324 g/mol. The summed E-state index contributed by atoms with van der Waals surface area (Å²) >= 11 is 1.27. The minimum Gasteiger partial charge on any atom is -0.433 e. The molecule has 22 heavy (non-hydrogen) atoms. The Morgan fingerprint density at radius 1 is 1.18 bits per heavy atom. The third-order valence-corrected chi connectivity index (χ3v) is 3.74. The highest BCUT2D eigenvalue weighted by Gasteiger charge is 2.12. The number of carbonyl (C=O) groups is 1. The third kappa shape index (κ3) is 4.63. The van der Waals surface area contributed by atoms with Crippen molar-refractivity contribution in [3.8, 4) is 5.75 Å². The van der Waals surface area contributed by atoms with Crippen molar-refractivity contribution in [2.24, 2.45) is 0 Å². The number of amides is 1. The molecule has 0 heterocycles. The van der Waals surface area contributed by atoms with Crippen molar-refractivity contribution in [1.29, 1.82) is 0 Å². The van der Waals surface area contributed by atoms with Crippen LogP contribution in [-0.4, -0.2) is 18.3 Å². The summed E-state index contributed by atoms with van der Waals surface area (Å²) in [4.78, 5) is 12.7. The number of nitrogen functional groups attached to an aromatic ring is 1. The number of rotatable bonds is 6. The first kappa shape index (κ1) is 16.1. The second-order valence-electron chi connectivity index (χ2n) is 4.25. The minimum absolute atomic E-state index is 0.0740. The van der Waals surface area contributed by atoms with Gasteiger partial charge < -0.3 is 15.8 Å². The van der Waals surface area contributed by atoms with E-state index in [0.717, 1.165) is 4.90 Å². The largest absolute Gasteiger partial charge is 0.433 e. The van der Waals surface area contributed by atoms with Gasteiger partial charge in [0.15, 0.2) is 0 Å².